The van der Waals surface area contributed by atoms with Gasteiger partial charge in [0, 0.05) is 18.3 Å². The molecule has 0 amide bonds. The average molecular weight is 195 g/mol. The Bertz CT molecular complexity index is 282. The predicted octanol–water partition coefficient (Wildman–Crippen LogP) is 0.861. The van der Waals surface area contributed by atoms with Gasteiger partial charge in [-0.2, -0.15) is 0 Å². The zero-order valence-electron chi connectivity index (χ0n) is 8.95. The Kier molecular flexibility index (Phi) is 3.83. The molecule has 0 fully saturated rings. The summed E-state index contributed by atoms with van der Waals surface area (Å²) in [4.78, 5) is 20.4. The van der Waals surface area contributed by atoms with Gasteiger partial charge in [0.05, 0.1) is 12.4 Å². The summed E-state index contributed by atoms with van der Waals surface area (Å²) < 4.78 is 0. The van der Waals surface area contributed by atoms with Crippen LogP contribution in [-0.2, 0) is 11.2 Å². The van der Waals surface area contributed by atoms with E-state index in [0.717, 1.165) is 12.2 Å². The van der Waals surface area contributed by atoms with Crippen LogP contribution in [-0.4, -0.2) is 40.3 Å². The normalized spacial score (nSPS) is 13.1. The Morgan fingerprint density at radius 3 is 2.86 bits per heavy atom. The van der Waals surface area contributed by atoms with E-state index in [0.29, 0.717) is 6.42 Å². The van der Waals surface area contributed by atoms with E-state index in [1.54, 1.807) is 19.4 Å². The number of ketones is 1. The average Bonchev–Trinajstić information content (AvgIpc) is 2.65. The maximum atomic E-state index is 11.4. The molecule has 0 spiro atoms. The smallest absolute Gasteiger partial charge is 0.147 e. The molecule has 1 unspecified atom stereocenters. The number of likely N-dealkylation sites (N-methyl/N-ethyl adjacent to an activating group) is 1. The van der Waals surface area contributed by atoms with Gasteiger partial charge < -0.3 is 4.98 Å². The highest BCUT2D eigenvalue weighted by molar-refractivity contribution is 5.81. The fraction of sp³-hybridized carbons (Fsp3) is 0.600. The fourth-order valence-electron chi connectivity index (χ4n) is 1.43. The maximum absolute atomic E-state index is 11.4. The van der Waals surface area contributed by atoms with E-state index in [1.807, 2.05) is 18.9 Å². The van der Waals surface area contributed by atoms with Crippen LogP contribution in [0.4, 0.5) is 0 Å². The van der Waals surface area contributed by atoms with Crippen molar-refractivity contribution in [2.75, 3.05) is 13.6 Å². The van der Waals surface area contributed by atoms with Gasteiger partial charge in [-0.15, -0.1) is 0 Å². The molecule has 14 heavy (non-hydrogen) atoms. The number of carbonyl (C=O) groups is 1. The van der Waals surface area contributed by atoms with Gasteiger partial charge in [-0.05, 0) is 20.5 Å². The largest absolute Gasteiger partial charge is 0.348 e. The summed E-state index contributed by atoms with van der Waals surface area (Å²) in [5, 5.41) is 0. The van der Waals surface area contributed by atoms with E-state index in [4.69, 9.17) is 0 Å². The number of rotatable bonds is 5. The predicted molar refractivity (Wildman–Crippen MR) is 55.1 cm³/mol. The van der Waals surface area contributed by atoms with Gasteiger partial charge in [0.1, 0.15) is 5.78 Å². The van der Waals surface area contributed by atoms with E-state index in [1.165, 1.54) is 0 Å². The molecule has 78 valence electrons. The van der Waals surface area contributed by atoms with Crippen LogP contribution in [0.1, 0.15) is 19.5 Å². The van der Waals surface area contributed by atoms with Crippen molar-refractivity contribution in [1.29, 1.82) is 0 Å². The van der Waals surface area contributed by atoms with Crippen molar-refractivity contribution in [1.82, 2.24) is 14.9 Å². The molecule has 1 N–H and O–H groups in total. The van der Waals surface area contributed by atoms with E-state index in [9.17, 15) is 4.79 Å². The van der Waals surface area contributed by atoms with Crippen molar-refractivity contribution in [3.63, 3.8) is 0 Å². The number of hydrogen-bond acceptors (Lipinski definition) is 3. The molecule has 1 heterocycles. The number of imidazole rings is 1. The molecule has 0 aliphatic heterocycles. The van der Waals surface area contributed by atoms with Crippen LogP contribution < -0.4 is 0 Å². The Labute approximate surface area is 84.3 Å². The van der Waals surface area contributed by atoms with Gasteiger partial charge in [-0.3, -0.25) is 9.69 Å². The van der Waals surface area contributed by atoms with Gasteiger partial charge in [0.2, 0.25) is 0 Å². The van der Waals surface area contributed by atoms with Crippen molar-refractivity contribution in [3.8, 4) is 0 Å². The minimum atomic E-state index is -0.0413. The Morgan fingerprint density at radius 2 is 2.43 bits per heavy atom. The Hall–Kier alpha value is -1.16. The van der Waals surface area contributed by atoms with Gasteiger partial charge in [-0.1, -0.05) is 6.92 Å². The minimum absolute atomic E-state index is 0.0413. The number of nitrogens with one attached hydrogen (secondary N) is 1. The van der Waals surface area contributed by atoms with Crippen LogP contribution in [0, 0.1) is 0 Å². The molecule has 4 nitrogen and oxygen atoms in total. The first-order chi connectivity index (χ1) is 6.65. The lowest BCUT2D eigenvalue weighted by Gasteiger charge is -2.23. The highest BCUT2D eigenvalue weighted by atomic mass is 16.1. The summed E-state index contributed by atoms with van der Waals surface area (Å²) in [5.41, 5.74) is 1.01. The Morgan fingerprint density at radius 1 is 1.71 bits per heavy atom. The topological polar surface area (TPSA) is 49.0 Å². The standard InChI is InChI=1S/C10H17N3O/c1-4-13(3)10(8(2)14)5-9-6-11-7-12-9/h6-7,10H,4-5H2,1-3H3,(H,11,12). The molecule has 0 aromatic carbocycles. The van der Waals surface area contributed by atoms with Crippen LogP contribution in [0.3, 0.4) is 0 Å². The van der Waals surface area contributed by atoms with E-state index in [2.05, 4.69) is 9.97 Å². The summed E-state index contributed by atoms with van der Waals surface area (Å²) in [6.07, 6.45) is 4.11. The summed E-state index contributed by atoms with van der Waals surface area (Å²) in [5.74, 6) is 0.198. The van der Waals surface area contributed by atoms with Crippen molar-refractivity contribution in [2.45, 2.75) is 26.3 Å². The second-order valence-electron chi connectivity index (χ2n) is 3.48. The van der Waals surface area contributed by atoms with E-state index < -0.39 is 0 Å². The van der Waals surface area contributed by atoms with Crippen molar-refractivity contribution in [2.24, 2.45) is 0 Å². The molecule has 0 aliphatic rings. The molecule has 4 heteroatoms. The zero-order chi connectivity index (χ0) is 10.6. The molecule has 0 aliphatic carbocycles. The lowest BCUT2D eigenvalue weighted by atomic mass is 10.1. The van der Waals surface area contributed by atoms with Gasteiger partial charge >= 0.3 is 0 Å². The van der Waals surface area contributed by atoms with Crippen LogP contribution in [0.5, 0.6) is 0 Å². The van der Waals surface area contributed by atoms with Crippen LogP contribution in [0.2, 0.25) is 0 Å². The second-order valence-corrected chi connectivity index (χ2v) is 3.48. The summed E-state index contributed by atoms with van der Waals surface area (Å²) in [7, 11) is 1.96. The first-order valence-corrected chi connectivity index (χ1v) is 4.83. The second kappa shape index (κ2) is 4.91. The fourth-order valence-corrected chi connectivity index (χ4v) is 1.43. The van der Waals surface area contributed by atoms with Crippen molar-refractivity contribution >= 4 is 5.78 Å². The molecule has 1 rings (SSSR count). The molecule has 1 aromatic heterocycles. The Balaban J connectivity index is 2.65. The van der Waals surface area contributed by atoms with Crippen LogP contribution in [0.25, 0.3) is 0 Å². The lowest BCUT2D eigenvalue weighted by molar-refractivity contribution is -0.121. The minimum Gasteiger partial charge on any atom is -0.348 e. The molecule has 0 radical (unpaired) electrons. The number of H-pyrrole nitrogens is 1. The van der Waals surface area contributed by atoms with Crippen LogP contribution in [0.15, 0.2) is 12.5 Å². The van der Waals surface area contributed by atoms with Gasteiger partial charge in [0.25, 0.3) is 0 Å². The van der Waals surface area contributed by atoms with E-state index in [-0.39, 0.29) is 11.8 Å². The molecular weight excluding hydrogens is 178 g/mol. The number of aromatic amines is 1. The number of nitrogens with zero attached hydrogens (tertiary/aromatic N) is 2. The quantitative estimate of drug-likeness (QED) is 0.758. The number of Topliss-reactive ketones (excluding diaryl/α,β-unsaturated/α-hetero) is 1. The zero-order valence-corrected chi connectivity index (χ0v) is 8.95. The van der Waals surface area contributed by atoms with E-state index >= 15 is 0 Å². The van der Waals surface area contributed by atoms with Crippen LogP contribution >= 0.6 is 0 Å². The highest BCUT2D eigenvalue weighted by Gasteiger charge is 2.19. The third-order valence-corrected chi connectivity index (χ3v) is 2.47. The number of aromatic nitrogens is 2. The third kappa shape index (κ3) is 2.67. The molecule has 0 saturated heterocycles. The molecule has 0 saturated carbocycles. The number of carbonyl (C=O) groups excluding carboxylic acids is 1. The first-order valence-electron chi connectivity index (χ1n) is 4.83. The first kappa shape index (κ1) is 10.9. The third-order valence-electron chi connectivity index (χ3n) is 2.47. The SMILES string of the molecule is CCN(C)C(Cc1cnc[nH]1)C(C)=O. The monoisotopic (exact) mass is 195 g/mol. The lowest BCUT2D eigenvalue weighted by Crippen LogP contribution is -2.38. The number of hydrogen-bond donors (Lipinski definition) is 1. The summed E-state index contributed by atoms with van der Waals surface area (Å²) in [6, 6.07) is -0.0413. The molecule has 0 bridgehead atoms. The van der Waals surface area contributed by atoms with Crippen molar-refractivity contribution < 1.29 is 4.79 Å². The maximum Gasteiger partial charge on any atom is 0.147 e. The molecular formula is C10H17N3O. The van der Waals surface area contributed by atoms with Crippen molar-refractivity contribution in [3.05, 3.63) is 18.2 Å². The molecule has 1 aromatic rings. The highest BCUT2D eigenvalue weighted by Crippen LogP contribution is 2.05. The summed E-state index contributed by atoms with van der Waals surface area (Å²) in [6.45, 7) is 4.55. The molecule has 1 atom stereocenters. The van der Waals surface area contributed by atoms with Gasteiger partial charge in [0.15, 0.2) is 0 Å². The van der Waals surface area contributed by atoms with Gasteiger partial charge in [-0.25, -0.2) is 4.98 Å². The summed E-state index contributed by atoms with van der Waals surface area (Å²) >= 11 is 0.